The molecule has 0 bridgehead atoms. The molecular formula is C19H26N2OS2. The highest BCUT2D eigenvalue weighted by Gasteiger charge is 2.14. The van der Waals surface area contributed by atoms with Crippen molar-refractivity contribution in [2.24, 2.45) is 5.92 Å². The van der Waals surface area contributed by atoms with E-state index in [-0.39, 0.29) is 5.91 Å². The highest BCUT2D eigenvalue weighted by atomic mass is 32.1. The fourth-order valence-electron chi connectivity index (χ4n) is 3.35. The number of nitrogens with zero attached hydrogens (tertiary/aromatic N) is 1. The molecule has 1 amide bonds. The molecule has 0 radical (unpaired) electrons. The Labute approximate surface area is 152 Å². The minimum atomic E-state index is 0.215. The molecule has 3 nitrogen and oxygen atoms in total. The summed E-state index contributed by atoms with van der Waals surface area (Å²) >= 11 is 3.47. The summed E-state index contributed by atoms with van der Waals surface area (Å²) in [5.74, 6) is 0.999. The Morgan fingerprint density at radius 1 is 1.29 bits per heavy atom. The number of nitrogens with one attached hydrogen (secondary N) is 1. The number of thiazole rings is 1. The van der Waals surface area contributed by atoms with Crippen molar-refractivity contribution < 1.29 is 4.79 Å². The van der Waals surface area contributed by atoms with E-state index in [0.717, 1.165) is 36.0 Å². The molecule has 2 heterocycles. The van der Waals surface area contributed by atoms with Gasteiger partial charge in [-0.3, -0.25) is 4.79 Å². The molecule has 2 aromatic heterocycles. The number of amides is 1. The van der Waals surface area contributed by atoms with Crippen molar-refractivity contribution in [3.05, 3.63) is 27.4 Å². The number of thiophene rings is 1. The van der Waals surface area contributed by atoms with Crippen molar-refractivity contribution >= 4 is 28.6 Å². The number of hydrogen-bond acceptors (Lipinski definition) is 4. The van der Waals surface area contributed by atoms with E-state index >= 15 is 0 Å². The molecule has 130 valence electrons. The van der Waals surface area contributed by atoms with Gasteiger partial charge in [0.25, 0.3) is 0 Å². The summed E-state index contributed by atoms with van der Waals surface area (Å²) in [4.78, 5) is 19.0. The molecule has 0 spiro atoms. The minimum Gasteiger partial charge on any atom is -0.356 e. The first-order valence-corrected chi connectivity index (χ1v) is 10.7. The van der Waals surface area contributed by atoms with E-state index in [9.17, 15) is 4.79 Å². The lowest BCUT2D eigenvalue weighted by Gasteiger charge is -2.20. The van der Waals surface area contributed by atoms with Gasteiger partial charge in [-0.2, -0.15) is 0 Å². The van der Waals surface area contributed by atoms with Crippen LogP contribution in [0.4, 0.5) is 0 Å². The Balaban J connectivity index is 1.37. The molecular weight excluding hydrogens is 336 g/mol. The lowest BCUT2D eigenvalue weighted by atomic mass is 9.86. The Morgan fingerprint density at radius 3 is 2.88 bits per heavy atom. The Hall–Kier alpha value is -1.20. The lowest BCUT2D eigenvalue weighted by Crippen LogP contribution is -2.26. The molecule has 3 rings (SSSR count). The first-order chi connectivity index (χ1) is 11.7. The molecule has 0 atom stereocenters. The van der Waals surface area contributed by atoms with Gasteiger partial charge in [0.05, 0.1) is 15.6 Å². The number of hydrogen-bond donors (Lipinski definition) is 1. The second-order valence-electron chi connectivity index (χ2n) is 6.66. The molecule has 1 aliphatic rings. The summed E-state index contributed by atoms with van der Waals surface area (Å²) < 4.78 is 0. The fraction of sp³-hybridized carbons (Fsp3) is 0.579. The maximum absolute atomic E-state index is 12.0. The van der Waals surface area contributed by atoms with E-state index < -0.39 is 0 Å². The van der Waals surface area contributed by atoms with Gasteiger partial charge in [0.2, 0.25) is 5.91 Å². The van der Waals surface area contributed by atoms with E-state index in [1.54, 1.807) is 22.7 Å². The highest BCUT2D eigenvalue weighted by molar-refractivity contribution is 7.16. The predicted molar refractivity (Wildman–Crippen MR) is 103 cm³/mol. The lowest BCUT2D eigenvalue weighted by molar-refractivity contribution is -0.121. The van der Waals surface area contributed by atoms with Crippen LogP contribution in [-0.4, -0.2) is 17.4 Å². The van der Waals surface area contributed by atoms with Crippen LogP contribution in [0, 0.1) is 12.8 Å². The molecule has 2 aromatic rings. The van der Waals surface area contributed by atoms with E-state index in [4.69, 9.17) is 0 Å². The molecule has 1 aliphatic carbocycles. The van der Waals surface area contributed by atoms with Crippen LogP contribution in [0.15, 0.2) is 17.5 Å². The second kappa shape index (κ2) is 8.77. The minimum absolute atomic E-state index is 0.215. The van der Waals surface area contributed by atoms with Gasteiger partial charge in [0.1, 0.15) is 0 Å². The summed E-state index contributed by atoms with van der Waals surface area (Å²) in [6.45, 7) is 2.77. The van der Waals surface area contributed by atoms with Crippen molar-refractivity contribution in [1.82, 2.24) is 10.3 Å². The monoisotopic (exact) mass is 362 g/mol. The normalized spacial score (nSPS) is 15.5. The van der Waals surface area contributed by atoms with Gasteiger partial charge >= 0.3 is 0 Å². The molecule has 5 heteroatoms. The van der Waals surface area contributed by atoms with E-state index in [1.807, 2.05) is 6.92 Å². The molecule has 0 saturated heterocycles. The first-order valence-electron chi connectivity index (χ1n) is 8.98. The second-order valence-corrected chi connectivity index (χ2v) is 8.89. The van der Waals surface area contributed by atoms with Crippen molar-refractivity contribution in [2.45, 2.75) is 58.3 Å². The summed E-state index contributed by atoms with van der Waals surface area (Å²) in [5.41, 5.74) is 1.07. The summed E-state index contributed by atoms with van der Waals surface area (Å²) in [6, 6.07) is 4.29. The average Bonchev–Trinajstić information content (AvgIpc) is 3.23. The largest absolute Gasteiger partial charge is 0.356 e. The van der Waals surface area contributed by atoms with Gasteiger partial charge in [0, 0.05) is 23.2 Å². The van der Waals surface area contributed by atoms with Crippen LogP contribution in [0.2, 0.25) is 0 Å². The van der Waals surface area contributed by atoms with Crippen molar-refractivity contribution in [3.63, 3.8) is 0 Å². The topological polar surface area (TPSA) is 42.0 Å². The summed E-state index contributed by atoms with van der Waals surface area (Å²) in [7, 11) is 0. The zero-order valence-corrected chi connectivity index (χ0v) is 16.0. The number of carbonyl (C=O) groups excluding carboxylic acids is 1. The molecule has 0 aromatic carbocycles. The fourth-order valence-corrected chi connectivity index (χ4v) is 5.01. The maximum atomic E-state index is 12.0. The number of aryl methyl sites for hydroxylation is 1. The smallest absolute Gasteiger partial charge is 0.220 e. The third-order valence-electron chi connectivity index (χ3n) is 4.73. The van der Waals surface area contributed by atoms with E-state index in [1.165, 1.54) is 41.9 Å². The molecule has 1 N–H and O–H groups in total. The molecule has 0 aliphatic heterocycles. The number of carbonyl (C=O) groups is 1. The van der Waals surface area contributed by atoms with Gasteiger partial charge in [-0.1, -0.05) is 32.1 Å². The predicted octanol–water partition coefficient (Wildman–Crippen LogP) is 5.20. The van der Waals surface area contributed by atoms with Crippen LogP contribution in [0.25, 0.3) is 10.6 Å². The van der Waals surface area contributed by atoms with Crippen LogP contribution in [0.3, 0.4) is 0 Å². The summed E-state index contributed by atoms with van der Waals surface area (Å²) in [6.07, 6.45) is 9.39. The Bertz CT molecular complexity index is 656. The molecule has 1 fully saturated rings. The summed E-state index contributed by atoms with van der Waals surface area (Å²) in [5, 5.41) is 6.29. The van der Waals surface area contributed by atoms with E-state index in [2.05, 4.69) is 27.8 Å². The van der Waals surface area contributed by atoms with Crippen LogP contribution in [-0.2, 0) is 11.2 Å². The molecule has 0 unspecified atom stereocenters. The van der Waals surface area contributed by atoms with Crippen LogP contribution < -0.4 is 5.32 Å². The third kappa shape index (κ3) is 5.15. The van der Waals surface area contributed by atoms with Gasteiger partial charge in [-0.05, 0) is 37.8 Å². The highest BCUT2D eigenvalue weighted by Crippen LogP contribution is 2.29. The Morgan fingerprint density at radius 2 is 2.12 bits per heavy atom. The number of rotatable bonds is 7. The van der Waals surface area contributed by atoms with Crippen molar-refractivity contribution in [2.75, 3.05) is 6.54 Å². The first kappa shape index (κ1) is 17.6. The maximum Gasteiger partial charge on any atom is 0.220 e. The zero-order chi connectivity index (χ0) is 16.8. The van der Waals surface area contributed by atoms with Crippen LogP contribution in [0.5, 0.6) is 0 Å². The molecule has 1 saturated carbocycles. The molecule has 24 heavy (non-hydrogen) atoms. The SMILES string of the molecule is Cc1nc(-c2ccc(CCNC(=O)CCC3CCCCC3)s2)cs1. The average molecular weight is 363 g/mol. The van der Waals surface area contributed by atoms with Crippen molar-refractivity contribution in [1.29, 1.82) is 0 Å². The van der Waals surface area contributed by atoms with Gasteiger partial charge in [-0.25, -0.2) is 4.98 Å². The van der Waals surface area contributed by atoms with Gasteiger partial charge in [-0.15, -0.1) is 22.7 Å². The van der Waals surface area contributed by atoms with Gasteiger partial charge < -0.3 is 5.32 Å². The third-order valence-corrected chi connectivity index (χ3v) is 6.67. The van der Waals surface area contributed by atoms with Gasteiger partial charge in [0.15, 0.2) is 0 Å². The van der Waals surface area contributed by atoms with Crippen LogP contribution in [0.1, 0.15) is 54.8 Å². The standard InChI is InChI=1S/C19H26N2OS2/c1-14-21-17(13-23-14)18-9-8-16(24-18)11-12-20-19(22)10-7-15-5-3-2-4-6-15/h8-9,13,15H,2-7,10-12H2,1H3,(H,20,22). The quantitative estimate of drug-likeness (QED) is 0.735. The Kier molecular flexibility index (Phi) is 6.44. The van der Waals surface area contributed by atoms with Crippen LogP contribution >= 0.6 is 22.7 Å². The van der Waals surface area contributed by atoms with Crippen molar-refractivity contribution in [3.8, 4) is 10.6 Å². The zero-order valence-electron chi connectivity index (χ0n) is 14.3. The van der Waals surface area contributed by atoms with E-state index in [0.29, 0.717) is 6.42 Å². The number of aromatic nitrogens is 1.